The third-order valence-electron chi connectivity index (χ3n) is 3.45. The summed E-state index contributed by atoms with van der Waals surface area (Å²) in [5.74, 6) is -2.02. The molecule has 0 atom stereocenters. The van der Waals surface area contributed by atoms with Crippen molar-refractivity contribution in [2.45, 2.75) is 0 Å². The summed E-state index contributed by atoms with van der Waals surface area (Å²) in [6.45, 7) is 0. The summed E-state index contributed by atoms with van der Waals surface area (Å²) in [7, 11) is -3.99. The second-order valence-electron chi connectivity index (χ2n) is 5.24. The van der Waals surface area contributed by atoms with E-state index in [1.54, 1.807) is 0 Å². The Morgan fingerprint density at radius 2 is 1.84 bits per heavy atom. The van der Waals surface area contributed by atoms with Crippen LogP contribution in [0.5, 0.6) is 0 Å². The molecule has 1 aromatic heterocycles. The molecule has 2 amide bonds. The van der Waals surface area contributed by atoms with Gasteiger partial charge in [-0.25, -0.2) is 13.2 Å². The maximum Gasteiger partial charge on any atom is 0.352 e. The average molecular weight is 360 g/mol. The Balaban J connectivity index is 1.79. The Morgan fingerprint density at radius 1 is 1.16 bits per heavy atom. The molecule has 10 heteroatoms. The van der Waals surface area contributed by atoms with Crippen molar-refractivity contribution in [1.82, 2.24) is 4.57 Å². The fraction of sp³-hybridized carbons (Fsp3) is 0.0667. The third kappa shape index (κ3) is 3.33. The van der Waals surface area contributed by atoms with E-state index in [1.807, 2.05) is 0 Å². The Labute approximate surface area is 142 Å². The fourth-order valence-electron chi connectivity index (χ4n) is 2.30. The number of amides is 2. The maximum absolute atomic E-state index is 12.2. The number of nitrogens with two attached hydrogens (primary N) is 1. The highest BCUT2D eigenvalue weighted by Crippen LogP contribution is 2.15. The molecule has 1 aliphatic rings. The van der Waals surface area contributed by atoms with E-state index in [1.165, 1.54) is 42.6 Å². The largest absolute Gasteiger partial charge is 0.366 e. The number of aromatic nitrogens is 1. The van der Waals surface area contributed by atoms with Crippen LogP contribution in [-0.4, -0.2) is 42.2 Å². The number of sulfonamides is 1. The maximum atomic E-state index is 12.2. The molecule has 2 aromatic rings. The predicted octanol–water partition coefficient (Wildman–Crippen LogP) is 0.634. The Bertz CT molecular complexity index is 1020. The molecule has 0 unspecified atom stereocenters. The number of ketones is 1. The van der Waals surface area contributed by atoms with Gasteiger partial charge in [0, 0.05) is 17.4 Å². The van der Waals surface area contributed by atoms with E-state index in [0.717, 1.165) is 4.57 Å². The number of Topliss-reactive ketones (excluding diaryl/α,β-unsaturated/α-hetero) is 1. The number of carbonyl (C=O) groups is 3. The smallest absolute Gasteiger partial charge is 0.352 e. The van der Waals surface area contributed by atoms with E-state index in [0.29, 0.717) is 0 Å². The number of fused-ring (bicyclic) bond motifs is 1. The molecule has 0 aliphatic carbocycles. The monoisotopic (exact) mass is 360 g/mol. The van der Waals surface area contributed by atoms with Crippen LogP contribution in [0, 0.1) is 0 Å². The summed E-state index contributed by atoms with van der Waals surface area (Å²) in [6.07, 6.45) is 1.38. The molecule has 0 fully saturated rings. The molecule has 0 saturated heterocycles. The minimum absolute atomic E-state index is 0.0658. The highest BCUT2D eigenvalue weighted by molar-refractivity contribution is 7.93. The summed E-state index contributed by atoms with van der Waals surface area (Å²) in [4.78, 5) is 38.6. The first kappa shape index (κ1) is 16.6. The van der Waals surface area contributed by atoms with E-state index in [4.69, 9.17) is 5.73 Å². The molecule has 0 bridgehead atoms. The SMILES string of the molecule is NC(=O)c1ccc(NS(=O)(=O)CC2=NC(=O)n3cccc3C2=O)cc1. The van der Waals surface area contributed by atoms with Gasteiger partial charge in [0.25, 0.3) is 0 Å². The van der Waals surface area contributed by atoms with Crippen LogP contribution >= 0.6 is 0 Å². The Kier molecular flexibility index (Phi) is 3.97. The number of nitrogens with one attached hydrogen (secondary N) is 1. The van der Waals surface area contributed by atoms with Crippen LogP contribution in [-0.2, 0) is 10.0 Å². The van der Waals surface area contributed by atoms with Crippen molar-refractivity contribution in [3.05, 3.63) is 53.9 Å². The lowest BCUT2D eigenvalue weighted by atomic mass is 10.2. The molecule has 0 spiro atoms. The van der Waals surface area contributed by atoms with Crippen LogP contribution in [0.1, 0.15) is 20.8 Å². The molecule has 128 valence electrons. The summed E-state index contributed by atoms with van der Waals surface area (Å²) in [5, 5.41) is 0. The van der Waals surface area contributed by atoms with Crippen molar-refractivity contribution >= 4 is 39.1 Å². The number of carbonyl (C=O) groups excluding carboxylic acids is 3. The van der Waals surface area contributed by atoms with Gasteiger partial charge in [-0.2, -0.15) is 4.99 Å². The van der Waals surface area contributed by atoms with E-state index in [-0.39, 0.29) is 22.7 Å². The minimum atomic E-state index is -3.99. The molecule has 0 saturated carbocycles. The van der Waals surface area contributed by atoms with Crippen LogP contribution in [0.3, 0.4) is 0 Å². The highest BCUT2D eigenvalue weighted by Gasteiger charge is 2.29. The fourth-order valence-corrected chi connectivity index (χ4v) is 3.42. The van der Waals surface area contributed by atoms with Crippen LogP contribution in [0.4, 0.5) is 10.5 Å². The van der Waals surface area contributed by atoms with Gasteiger partial charge >= 0.3 is 6.03 Å². The van der Waals surface area contributed by atoms with Crippen LogP contribution < -0.4 is 10.5 Å². The van der Waals surface area contributed by atoms with Gasteiger partial charge in [-0.15, -0.1) is 0 Å². The molecule has 0 radical (unpaired) electrons. The molecule has 3 N–H and O–H groups in total. The normalized spacial score (nSPS) is 14.0. The van der Waals surface area contributed by atoms with Gasteiger partial charge in [0.1, 0.15) is 11.5 Å². The molecule has 2 heterocycles. The van der Waals surface area contributed by atoms with Crippen molar-refractivity contribution in [1.29, 1.82) is 0 Å². The van der Waals surface area contributed by atoms with Crippen molar-refractivity contribution in [3.8, 4) is 0 Å². The van der Waals surface area contributed by atoms with E-state index >= 15 is 0 Å². The van der Waals surface area contributed by atoms with Gasteiger partial charge in [-0.05, 0) is 36.4 Å². The van der Waals surface area contributed by atoms with Gasteiger partial charge in [0.2, 0.25) is 21.7 Å². The van der Waals surface area contributed by atoms with Crippen LogP contribution in [0.25, 0.3) is 0 Å². The number of nitrogens with zero attached hydrogens (tertiary/aromatic N) is 2. The topological polar surface area (TPSA) is 141 Å². The first-order valence-electron chi connectivity index (χ1n) is 7.01. The van der Waals surface area contributed by atoms with E-state index in [9.17, 15) is 22.8 Å². The number of rotatable bonds is 5. The summed E-state index contributed by atoms with van der Waals surface area (Å²) < 4.78 is 27.8. The predicted molar refractivity (Wildman–Crippen MR) is 89.4 cm³/mol. The summed E-state index contributed by atoms with van der Waals surface area (Å²) in [5.41, 5.74) is 5.22. The number of anilines is 1. The molecular formula is C15H12N4O5S. The second-order valence-corrected chi connectivity index (χ2v) is 6.96. The van der Waals surface area contributed by atoms with E-state index in [2.05, 4.69) is 9.71 Å². The zero-order valence-electron chi connectivity index (χ0n) is 12.7. The number of hydrogen-bond acceptors (Lipinski definition) is 5. The minimum Gasteiger partial charge on any atom is -0.366 e. The summed E-state index contributed by atoms with van der Waals surface area (Å²) in [6, 6.07) is 7.63. The van der Waals surface area contributed by atoms with Gasteiger partial charge in [0.05, 0.1) is 5.69 Å². The number of primary amides is 1. The summed E-state index contributed by atoms with van der Waals surface area (Å²) >= 11 is 0. The first-order chi connectivity index (χ1) is 11.8. The molecule has 9 nitrogen and oxygen atoms in total. The Hall–Kier alpha value is -3.27. The Morgan fingerprint density at radius 3 is 2.48 bits per heavy atom. The van der Waals surface area contributed by atoms with Crippen LogP contribution in [0.15, 0.2) is 47.6 Å². The van der Waals surface area contributed by atoms with Crippen molar-refractivity contribution in [2.24, 2.45) is 10.7 Å². The number of aliphatic imine (C=N–C) groups is 1. The van der Waals surface area contributed by atoms with E-state index < -0.39 is 33.5 Å². The lowest BCUT2D eigenvalue weighted by molar-refractivity contribution is 0.0999. The van der Waals surface area contributed by atoms with Crippen LogP contribution in [0.2, 0.25) is 0 Å². The molecular weight excluding hydrogens is 348 g/mol. The zero-order chi connectivity index (χ0) is 18.2. The van der Waals surface area contributed by atoms with Crippen molar-refractivity contribution in [3.63, 3.8) is 0 Å². The molecule has 25 heavy (non-hydrogen) atoms. The van der Waals surface area contributed by atoms with Crippen molar-refractivity contribution in [2.75, 3.05) is 10.5 Å². The number of benzene rings is 1. The lowest BCUT2D eigenvalue weighted by Crippen LogP contribution is -2.34. The zero-order valence-corrected chi connectivity index (χ0v) is 13.5. The van der Waals surface area contributed by atoms with Gasteiger partial charge in [0.15, 0.2) is 0 Å². The van der Waals surface area contributed by atoms with Crippen molar-refractivity contribution < 1.29 is 22.8 Å². The first-order valence-corrected chi connectivity index (χ1v) is 8.66. The standard InChI is InChI=1S/C15H12N4O5S/c16-14(21)9-3-5-10(6-4-9)18-25(23,24)8-11-13(20)12-2-1-7-19(12)15(22)17-11/h1-7,18H,8H2,(H2,16,21). The van der Waals surface area contributed by atoms with Gasteiger partial charge in [-0.3, -0.25) is 18.9 Å². The quantitative estimate of drug-likeness (QED) is 0.805. The number of hydrogen-bond donors (Lipinski definition) is 2. The molecule has 3 rings (SSSR count). The van der Waals surface area contributed by atoms with Gasteiger partial charge in [-0.1, -0.05) is 0 Å². The lowest BCUT2D eigenvalue weighted by Gasteiger charge is -2.14. The average Bonchev–Trinajstić information content (AvgIpc) is 3.02. The third-order valence-corrected chi connectivity index (χ3v) is 4.65. The molecule has 1 aliphatic heterocycles. The van der Waals surface area contributed by atoms with Gasteiger partial charge < -0.3 is 5.73 Å². The molecule has 1 aromatic carbocycles. The second kappa shape index (κ2) is 5.98. The highest BCUT2D eigenvalue weighted by atomic mass is 32.2.